The fourth-order valence-electron chi connectivity index (χ4n) is 9.18. The van der Waals surface area contributed by atoms with E-state index in [0.29, 0.717) is 17.8 Å². The molecule has 2 saturated carbocycles. The predicted octanol–water partition coefficient (Wildman–Crippen LogP) is 7.31. The molecule has 0 bridgehead atoms. The van der Waals surface area contributed by atoms with Crippen molar-refractivity contribution in [2.75, 3.05) is 0 Å². The summed E-state index contributed by atoms with van der Waals surface area (Å²) in [6.07, 6.45) is 13.4. The van der Waals surface area contributed by atoms with Gasteiger partial charge >= 0.3 is 0 Å². The van der Waals surface area contributed by atoms with Crippen LogP contribution in [0.2, 0.25) is 0 Å². The van der Waals surface area contributed by atoms with Gasteiger partial charge in [-0.15, -0.1) is 0 Å². The van der Waals surface area contributed by atoms with E-state index in [0.717, 1.165) is 25.2 Å². The van der Waals surface area contributed by atoms with Crippen molar-refractivity contribution >= 4 is 0 Å². The average Bonchev–Trinajstić information content (AvgIpc) is 2.90. The lowest BCUT2D eigenvalue weighted by molar-refractivity contribution is -0.106. The first-order valence-corrected chi connectivity index (χ1v) is 13.6. The van der Waals surface area contributed by atoms with Crippen LogP contribution in [-0.2, 0) is 0 Å². The zero-order valence-corrected chi connectivity index (χ0v) is 22.2. The van der Waals surface area contributed by atoms with Crippen molar-refractivity contribution in [2.24, 2.45) is 45.3 Å². The molecule has 2 fully saturated rings. The Morgan fingerprint density at radius 2 is 1.53 bits per heavy atom. The van der Waals surface area contributed by atoms with Crippen LogP contribution in [0.15, 0.2) is 23.3 Å². The molecule has 0 radical (unpaired) electrons. The molecule has 0 heterocycles. The molecule has 0 aromatic rings. The minimum Gasteiger partial charge on any atom is -0.393 e. The topological polar surface area (TPSA) is 40.5 Å². The fraction of sp³-hybridized carbons (Fsp3) is 0.867. The number of allylic oxidation sites excluding steroid dienone is 2. The Balaban J connectivity index is 1.66. The highest BCUT2D eigenvalue weighted by molar-refractivity contribution is 5.48. The first-order valence-electron chi connectivity index (χ1n) is 13.6. The van der Waals surface area contributed by atoms with Crippen molar-refractivity contribution in [3.8, 4) is 0 Å². The number of rotatable bonds is 5. The SMILES string of the molecule is CC(C)CCC[C@@H](C)[C@H]1[C@@H](O)C[C@@]2(C)[C@@H]3CC=C4C(=CC[C@H](O)C4(C)C)[C@]3(C)CC[C@]12C. The predicted molar refractivity (Wildman–Crippen MR) is 134 cm³/mol. The lowest BCUT2D eigenvalue weighted by atomic mass is 9.41. The second-order valence-electron chi connectivity index (χ2n) is 13.8. The second-order valence-corrected chi connectivity index (χ2v) is 13.8. The van der Waals surface area contributed by atoms with Crippen LogP contribution in [0.25, 0.3) is 0 Å². The maximum absolute atomic E-state index is 11.5. The molecule has 0 saturated heterocycles. The molecule has 4 rings (SSSR count). The Kier molecular flexibility index (Phi) is 6.11. The van der Waals surface area contributed by atoms with Crippen molar-refractivity contribution in [1.29, 1.82) is 0 Å². The van der Waals surface area contributed by atoms with E-state index in [4.69, 9.17) is 0 Å². The largest absolute Gasteiger partial charge is 0.393 e. The van der Waals surface area contributed by atoms with Crippen LogP contribution in [0.1, 0.15) is 107 Å². The molecule has 2 N–H and O–H groups in total. The first-order chi connectivity index (χ1) is 14.8. The van der Waals surface area contributed by atoms with Crippen molar-refractivity contribution < 1.29 is 10.2 Å². The minimum atomic E-state index is -0.286. The van der Waals surface area contributed by atoms with Gasteiger partial charge in [-0.2, -0.15) is 0 Å². The van der Waals surface area contributed by atoms with E-state index >= 15 is 0 Å². The molecule has 4 aliphatic rings. The van der Waals surface area contributed by atoms with Crippen molar-refractivity contribution in [3.05, 3.63) is 23.3 Å². The summed E-state index contributed by atoms with van der Waals surface area (Å²) in [4.78, 5) is 0. The molecule has 4 aliphatic carbocycles. The third kappa shape index (κ3) is 3.33. The molecule has 8 atom stereocenters. The first kappa shape index (κ1) is 24.5. The maximum atomic E-state index is 11.5. The van der Waals surface area contributed by atoms with Crippen LogP contribution < -0.4 is 0 Å². The molecule has 0 unspecified atom stereocenters. The van der Waals surface area contributed by atoms with Crippen LogP contribution in [-0.4, -0.2) is 22.4 Å². The second kappa shape index (κ2) is 7.98. The van der Waals surface area contributed by atoms with Gasteiger partial charge in [0.2, 0.25) is 0 Å². The third-order valence-corrected chi connectivity index (χ3v) is 11.4. The molecular formula is C30H50O2. The normalized spacial score (nSPS) is 46.1. The quantitative estimate of drug-likeness (QED) is 0.469. The average molecular weight is 443 g/mol. The summed E-state index contributed by atoms with van der Waals surface area (Å²) in [7, 11) is 0. The Morgan fingerprint density at radius 1 is 0.875 bits per heavy atom. The highest BCUT2D eigenvalue weighted by Crippen LogP contribution is 2.74. The van der Waals surface area contributed by atoms with Crippen LogP contribution in [0.4, 0.5) is 0 Å². The van der Waals surface area contributed by atoms with E-state index < -0.39 is 0 Å². The molecule has 2 heteroatoms. The van der Waals surface area contributed by atoms with Crippen molar-refractivity contribution in [2.45, 2.75) is 119 Å². The molecule has 0 aliphatic heterocycles. The van der Waals surface area contributed by atoms with Crippen molar-refractivity contribution in [1.82, 2.24) is 0 Å². The van der Waals surface area contributed by atoms with E-state index in [2.05, 4.69) is 67.5 Å². The van der Waals surface area contributed by atoms with Gasteiger partial charge in [0, 0.05) is 5.41 Å². The number of fused-ring (bicyclic) bond motifs is 5. The summed E-state index contributed by atoms with van der Waals surface area (Å²) in [5.41, 5.74) is 3.27. The van der Waals surface area contributed by atoms with Gasteiger partial charge in [0.15, 0.2) is 0 Å². The summed E-state index contributed by atoms with van der Waals surface area (Å²) in [5, 5.41) is 22.2. The minimum absolute atomic E-state index is 0.152. The molecule has 0 spiro atoms. The summed E-state index contributed by atoms with van der Waals surface area (Å²) in [5.74, 6) is 2.32. The van der Waals surface area contributed by atoms with E-state index in [-0.39, 0.29) is 33.9 Å². The third-order valence-electron chi connectivity index (χ3n) is 11.4. The Labute approximate surface area is 198 Å². The van der Waals surface area contributed by atoms with Crippen LogP contribution in [0, 0.1) is 45.3 Å². The van der Waals surface area contributed by atoms with Gasteiger partial charge in [0.05, 0.1) is 12.2 Å². The summed E-state index contributed by atoms with van der Waals surface area (Å²) < 4.78 is 0. The molecule has 0 aromatic heterocycles. The van der Waals surface area contributed by atoms with E-state index in [9.17, 15) is 10.2 Å². The van der Waals surface area contributed by atoms with Gasteiger partial charge in [-0.25, -0.2) is 0 Å². The number of aliphatic hydroxyl groups excluding tert-OH is 2. The van der Waals surface area contributed by atoms with E-state index in [1.807, 2.05) is 0 Å². The van der Waals surface area contributed by atoms with E-state index in [1.54, 1.807) is 0 Å². The van der Waals surface area contributed by atoms with Gasteiger partial charge in [0.1, 0.15) is 0 Å². The van der Waals surface area contributed by atoms with E-state index in [1.165, 1.54) is 43.3 Å². The number of aliphatic hydroxyl groups is 2. The highest BCUT2D eigenvalue weighted by atomic mass is 16.3. The van der Waals surface area contributed by atoms with Crippen LogP contribution in [0.5, 0.6) is 0 Å². The molecular weight excluding hydrogens is 392 g/mol. The zero-order chi connectivity index (χ0) is 23.7. The standard InChI is InChI=1S/C30H50O2/c1-19(2)10-9-11-20(3)26-23(31)18-30(8)24-14-12-21-22(13-15-25(32)27(21,4)5)28(24,6)16-17-29(26,30)7/h12-13,19-20,23-26,31-32H,9-11,14-18H2,1-8H3/t20-,23+,24-,25+,26+,28+,29-,30+/m1/s1. The molecule has 0 aromatic carbocycles. The Bertz CT molecular complexity index is 791. The molecule has 2 nitrogen and oxygen atoms in total. The Morgan fingerprint density at radius 3 is 2.19 bits per heavy atom. The van der Waals surface area contributed by atoms with Crippen LogP contribution >= 0.6 is 0 Å². The summed E-state index contributed by atoms with van der Waals surface area (Å²) >= 11 is 0. The van der Waals surface area contributed by atoms with Crippen molar-refractivity contribution in [3.63, 3.8) is 0 Å². The monoisotopic (exact) mass is 442 g/mol. The van der Waals surface area contributed by atoms with Gasteiger partial charge < -0.3 is 10.2 Å². The molecule has 0 amide bonds. The fourth-order valence-corrected chi connectivity index (χ4v) is 9.18. The maximum Gasteiger partial charge on any atom is 0.0666 e. The molecule has 182 valence electrons. The lowest BCUT2D eigenvalue weighted by Gasteiger charge is -2.63. The van der Waals surface area contributed by atoms with Gasteiger partial charge in [-0.05, 0) is 83.2 Å². The lowest BCUT2D eigenvalue weighted by Crippen LogP contribution is -2.56. The van der Waals surface area contributed by atoms with Gasteiger partial charge in [-0.3, -0.25) is 0 Å². The van der Waals surface area contributed by atoms with Gasteiger partial charge in [-0.1, -0.05) is 86.8 Å². The Hall–Kier alpha value is -0.600. The highest BCUT2D eigenvalue weighted by Gasteiger charge is 2.68. The summed E-state index contributed by atoms with van der Waals surface area (Å²) in [6.45, 7) is 19.1. The smallest absolute Gasteiger partial charge is 0.0666 e. The summed E-state index contributed by atoms with van der Waals surface area (Å²) in [6, 6.07) is 0. The zero-order valence-electron chi connectivity index (χ0n) is 22.2. The molecule has 32 heavy (non-hydrogen) atoms. The van der Waals surface area contributed by atoms with Gasteiger partial charge in [0.25, 0.3) is 0 Å². The van der Waals surface area contributed by atoms with Crippen LogP contribution in [0.3, 0.4) is 0 Å². The number of hydrogen-bond donors (Lipinski definition) is 2. The number of hydrogen-bond acceptors (Lipinski definition) is 2.